The molecule has 0 radical (unpaired) electrons. The minimum absolute atomic E-state index is 0.438. The topological polar surface area (TPSA) is 44.8 Å². The lowest BCUT2D eigenvalue weighted by Gasteiger charge is -2.39. The van der Waals surface area contributed by atoms with Gasteiger partial charge in [-0.05, 0) is 30.7 Å². The van der Waals surface area contributed by atoms with Crippen LogP contribution in [0, 0.1) is 5.41 Å². The minimum atomic E-state index is 0.438. The molecular weight excluding hydrogens is 236 g/mol. The summed E-state index contributed by atoms with van der Waals surface area (Å²) in [5.41, 5.74) is 1.36. The van der Waals surface area contributed by atoms with Crippen LogP contribution in [0.2, 0.25) is 0 Å². The van der Waals surface area contributed by atoms with E-state index in [2.05, 4.69) is 40.7 Å². The second-order valence-electron chi connectivity index (χ2n) is 6.48. The van der Waals surface area contributed by atoms with Crippen LogP contribution in [0.4, 0.5) is 5.95 Å². The lowest BCUT2D eigenvalue weighted by molar-refractivity contribution is 0.216. The Morgan fingerprint density at radius 3 is 3.05 bits per heavy atom. The van der Waals surface area contributed by atoms with Crippen molar-refractivity contribution in [1.82, 2.24) is 15.0 Å². The van der Waals surface area contributed by atoms with Crippen molar-refractivity contribution in [2.24, 2.45) is 5.41 Å². The molecule has 0 bridgehead atoms. The lowest BCUT2D eigenvalue weighted by Crippen LogP contribution is -2.39. The van der Waals surface area contributed by atoms with Crippen LogP contribution < -0.4 is 4.90 Å². The average Bonchev–Trinajstić information content (AvgIpc) is 2.83. The molecule has 2 aromatic heterocycles. The Morgan fingerprint density at radius 1 is 1.42 bits per heavy atom. The Labute approximate surface area is 114 Å². The molecule has 4 heteroatoms. The van der Waals surface area contributed by atoms with Crippen LogP contribution in [-0.4, -0.2) is 28.0 Å². The van der Waals surface area contributed by atoms with E-state index in [0.29, 0.717) is 11.5 Å². The molecule has 1 aliphatic rings. The number of nitrogens with zero attached hydrogens (tertiary/aromatic N) is 3. The number of nitrogens with one attached hydrogen (secondary N) is 1. The van der Waals surface area contributed by atoms with Crippen LogP contribution in [-0.2, 0) is 0 Å². The summed E-state index contributed by atoms with van der Waals surface area (Å²) >= 11 is 0. The van der Waals surface area contributed by atoms with E-state index in [4.69, 9.17) is 0 Å². The Kier molecular flexibility index (Phi) is 2.96. The van der Waals surface area contributed by atoms with Gasteiger partial charge in [-0.25, -0.2) is 4.98 Å². The zero-order chi connectivity index (χ0) is 13.5. The van der Waals surface area contributed by atoms with Gasteiger partial charge in [0.25, 0.3) is 0 Å². The molecule has 4 nitrogen and oxygen atoms in total. The lowest BCUT2D eigenvalue weighted by atomic mass is 9.75. The summed E-state index contributed by atoms with van der Waals surface area (Å²) in [5, 5.41) is 1.07. The van der Waals surface area contributed by atoms with Gasteiger partial charge in [-0.15, -0.1) is 0 Å². The van der Waals surface area contributed by atoms with Gasteiger partial charge < -0.3 is 9.88 Å². The highest BCUT2D eigenvalue weighted by Gasteiger charge is 2.31. The fourth-order valence-electron chi connectivity index (χ4n) is 3.15. The zero-order valence-corrected chi connectivity index (χ0v) is 12.0. The number of hydrogen-bond donors (Lipinski definition) is 1. The number of fused-ring (bicyclic) bond motifs is 1. The standard InChI is InChI=1S/C15H22N4/c1-15(2)7-4-5-12(9-15)19(3)14-17-10-11-6-8-16-13(11)18-14/h6,8,10,12H,4-5,7,9H2,1-3H3,(H,16,17,18). The molecule has 0 amide bonds. The monoisotopic (exact) mass is 258 g/mol. The number of anilines is 1. The van der Waals surface area contributed by atoms with E-state index < -0.39 is 0 Å². The second-order valence-corrected chi connectivity index (χ2v) is 6.48. The number of aromatic nitrogens is 3. The van der Waals surface area contributed by atoms with E-state index >= 15 is 0 Å². The van der Waals surface area contributed by atoms with E-state index in [1.54, 1.807) is 0 Å². The molecule has 1 aliphatic carbocycles. The first kappa shape index (κ1) is 12.5. The van der Waals surface area contributed by atoms with Gasteiger partial charge in [0.2, 0.25) is 5.95 Å². The SMILES string of the molecule is CN(c1ncc2cc[nH]c2n1)C1CCCC(C)(C)C1. The first-order valence-electron chi connectivity index (χ1n) is 7.08. The Hall–Kier alpha value is -1.58. The molecule has 1 unspecified atom stereocenters. The predicted molar refractivity (Wildman–Crippen MR) is 78.3 cm³/mol. The third kappa shape index (κ3) is 2.44. The molecule has 0 aromatic carbocycles. The molecule has 1 saturated carbocycles. The van der Waals surface area contributed by atoms with Crippen molar-refractivity contribution < 1.29 is 0 Å². The molecule has 1 fully saturated rings. The van der Waals surface area contributed by atoms with Crippen LogP contribution in [0.25, 0.3) is 11.0 Å². The Bertz CT molecular complexity index is 572. The summed E-state index contributed by atoms with van der Waals surface area (Å²) < 4.78 is 0. The predicted octanol–water partition coefficient (Wildman–Crippen LogP) is 3.36. The van der Waals surface area contributed by atoms with E-state index in [-0.39, 0.29) is 0 Å². The third-order valence-electron chi connectivity index (χ3n) is 4.33. The normalized spacial score (nSPS) is 22.6. The highest BCUT2D eigenvalue weighted by Crippen LogP contribution is 2.37. The van der Waals surface area contributed by atoms with Gasteiger partial charge in [0.15, 0.2) is 0 Å². The first-order valence-corrected chi connectivity index (χ1v) is 7.08. The fourth-order valence-corrected chi connectivity index (χ4v) is 3.15. The number of aromatic amines is 1. The molecule has 3 rings (SSSR count). The smallest absolute Gasteiger partial charge is 0.227 e. The highest BCUT2D eigenvalue weighted by atomic mass is 15.3. The van der Waals surface area contributed by atoms with E-state index in [1.165, 1.54) is 25.7 Å². The number of rotatable bonds is 2. The Morgan fingerprint density at radius 2 is 2.26 bits per heavy atom. The van der Waals surface area contributed by atoms with Gasteiger partial charge in [-0.1, -0.05) is 20.3 Å². The molecule has 2 aromatic rings. The van der Waals surface area contributed by atoms with Crippen molar-refractivity contribution in [3.63, 3.8) is 0 Å². The van der Waals surface area contributed by atoms with Crippen LogP contribution in [0.15, 0.2) is 18.5 Å². The summed E-state index contributed by atoms with van der Waals surface area (Å²) in [6.07, 6.45) is 8.90. The minimum Gasteiger partial charge on any atom is -0.346 e. The van der Waals surface area contributed by atoms with Crippen LogP contribution in [0.3, 0.4) is 0 Å². The number of H-pyrrole nitrogens is 1. The molecule has 102 valence electrons. The van der Waals surface area contributed by atoms with Gasteiger partial charge in [0.1, 0.15) is 5.65 Å². The molecule has 1 atom stereocenters. The average molecular weight is 258 g/mol. The largest absolute Gasteiger partial charge is 0.346 e. The first-order chi connectivity index (χ1) is 9.05. The molecular formula is C15H22N4. The van der Waals surface area contributed by atoms with Gasteiger partial charge in [-0.2, -0.15) is 4.98 Å². The van der Waals surface area contributed by atoms with Crippen LogP contribution >= 0.6 is 0 Å². The zero-order valence-electron chi connectivity index (χ0n) is 12.0. The van der Waals surface area contributed by atoms with Crippen LogP contribution in [0.1, 0.15) is 39.5 Å². The maximum atomic E-state index is 4.62. The molecule has 0 saturated heterocycles. The van der Waals surface area contributed by atoms with Crippen molar-refractivity contribution in [3.8, 4) is 0 Å². The van der Waals surface area contributed by atoms with Crippen molar-refractivity contribution in [3.05, 3.63) is 18.5 Å². The molecule has 1 N–H and O–H groups in total. The maximum Gasteiger partial charge on any atom is 0.227 e. The highest BCUT2D eigenvalue weighted by molar-refractivity contribution is 5.75. The molecule has 19 heavy (non-hydrogen) atoms. The molecule has 2 heterocycles. The number of hydrogen-bond acceptors (Lipinski definition) is 3. The van der Waals surface area contributed by atoms with Gasteiger partial charge >= 0.3 is 0 Å². The van der Waals surface area contributed by atoms with Gasteiger partial charge in [-0.3, -0.25) is 0 Å². The molecule has 0 aliphatic heterocycles. The van der Waals surface area contributed by atoms with E-state index in [9.17, 15) is 0 Å². The molecule has 0 spiro atoms. The Balaban J connectivity index is 1.84. The fraction of sp³-hybridized carbons (Fsp3) is 0.600. The van der Waals surface area contributed by atoms with Crippen molar-refractivity contribution in [2.45, 2.75) is 45.6 Å². The van der Waals surface area contributed by atoms with Gasteiger partial charge in [0.05, 0.1) is 0 Å². The van der Waals surface area contributed by atoms with Crippen LogP contribution in [0.5, 0.6) is 0 Å². The van der Waals surface area contributed by atoms with Crippen molar-refractivity contribution >= 4 is 17.0 Å². The van der Waals surface area contributed by atoms with Gasteiger partial charge in [0, 0.05) is 30.9 Å². The van der Waals surface area contributed by atoms with E-state index in [1.807, 2.05) is 18.5 Å². The second kappa shape index (κ2) is 4.51. The summed E-state index contributed by atoms with van der Waals surface area (Å²) in [6, 6.07) is 2.55. The summed E-state index contributed by atoms with van der Waals surface area (Å²) in [6.45, 7) is 4.73. The maximum absolute atomic E-state index is 4.62. The van der Waals surface area contributed by atoms with Crippen molar-refractivity contribution in [1.29, 1.82) is 0 Å². The third-order valence-corrected chi connectivity index (χ3v) is 4.33. The van der Waals surface area contributed by atoms with E-state index in [0.717, 1.165) is 17.0 Å². The summed E-state index contributed by atoms with van der Waals surface area (Å²) in [7, 11) is 2.12. The quantitative estimate of drug-likeness (QED) is 0.898. The summed E-state index contributed by atoms with van der Waals surface area (Å²) in [4.78, 5) is 14.5. The van der Waals surface area contributed by atoms with Crippen molar-refractivity contribution in [2.75, 3.05) is 11.9 Å². The summed E-state index contributed by atoms with van der Waals surface area (Å²) in [5.74, 6) is 0.831.